The largest absolute Gasteiger partial charge is 0.354 e. The summed E-state index contributed by atoms with van der Waals surface area (Å²) in [5.41, 5.74) is 27.8. The van der Waals surface area contributed by atoms with Crippen LogP contribution in [-0.2, 0) is 23.4 Å². The molecule has 0 unspecified atom stereocenters. The standard InChI is InChI=1S/C69H59N3/c1-42(2)49-28-29-70-66(38-49)68(62-34-45(5)18-24-56(62)57-25-19-46(6)35-63(57)68)52-14-10-12-50(39-52)67(60-32-43(3)16-22-54(60)55-23-17-44(4)33-61(55)67)51-13-11-15-53(40-51)69(72-31-30-71(9)41-72)64-36-47(7)20-26-58(64)59-27-21-48(8)37-65(59)69/h10-40,42H,1-9H3. The molecule has 0 spiro atoms. The van der Waals surface area contributed by atoms with E-state index >= 15 is 0 Å². The van der Waals surface area contributed by atoms with Crippen LogP contribution in [0.1, 0.15) is 120 Å². The van der Waals surface area contributed by atoms with Crippen molar-refractivity contribution in [1.29, 1.82) is 0 Å². The summed E-state index contributed by atoms with van der Waals surface area (Å²) in [6.45, 7) is 18.0. The van der Waals surface area contributed by atoms with Crippen molar-refractivity contribution in [2.45, 2.75) is 77.7 Å². The third kappa shape index (κ3) is 5.97. The van der Waals surface area contributed by atoms with Crippen LogP contribution in [0.3, 0.4) is 0 Å². The molecule has 0 saturated heterocycles. The summed E-state index contributed by atoms with van der Waals surface area (Å²) in [4.78, 5) is 5.44. The first-order chi connectivity index (χ1) is 34.8. The normalized spacial score (nSPS) is 14.9. The van der Waals surface area contributed by atoms with Gasteiger partial charge in [-0.15, -0.1) is 0 Å². The quantitative estimate of drug-likeness (QED) is 0.115. The second-order valence-electron chi connectivity index (χ2n) is 21.7. The van der Waals surface area contributed by atoms with E-state index in [1.165, 1.54) is 128 Å². The minimum Gasteiger partial charge on any atom is -0.354 e. The molecule has 8 aromatic carbocycles. The van der Waals surface area contributed by atoms with E-state index in [9.17, 15) is 0 Å². The van der Waals surface area contributed by atoms with Gasteiger partial charge >= 0.3 is 0 Å². The lowest BCUT2D eigenvalue weighted by Gasteiger charge is -2.39. The highest BCUT2D eigenvalue weighted by molar-refractivity contribution is 5.90. The summed E-state index contributed by atoms with van der Waals surface area (Å²) in [6, 6.07) is 66.4. The molecular formula is C69H59N3. The Hall–Kier alpha value is -7.88. The number of fused-ring (bicyclic) bond motifs is 9. The SMILES string of the molecule is Cc1ccc2c(c1)C(c1cccc(C3(c4cc(C(C)C)ccn4)c4cc(C)ccc4-c4ccc(C)cc43)c1)(c1cccc(C3(n4[c-][n+](C)cc4)c4cc(C)ccc4-c4ccc(C)cc43)c1)c1cc(C)ccc1-2. The van der Waals surface area contributed by atoms with Crippen LogP contribution in [0.4, 0.5) is 0 Å². The third-order valence-electron chi connectivity index (χ3n) is 16.7. The summed E-state index contributed by atoms with van der Waals surface area (Å²) in [5.74, 6) is 0.334. The van der Waals surface area contributed by atoms with Crippen molar-refractivity contribution in [2.75, 3.05) is 0 Å². The van der Waals surface area contributed by atoms with Crippen LogP contribution < -0.4 is 4.57 Å². The third-order valence-corrected chi connectivity index (χ3v) is 16.7. The minimum absolute atomic E-state index is 0.334. The van der Waals surface area contributed by atoms with Crippen molar-refractivity contribution in [3.8, 4) is 33.4 Å². The number of benzene rings is 8. The topological polar surface area (TPSA) is 21.7 Å². The fourth-order valence-corrected chi connectivity index (χ4v) is 13.4. The van der Waals surface area contributed by atoms with Crippen molar-refractivity contribution in [1.82, 2.24) is 9.55 Å². The van der Waals surface area contributed by atoms with Gasteiger partial charge in [-0.3, -0.25) is 4.98 Å². The predicted octanol–water partition coefficient (Wildman–Crippen LogP) is 15.0. The molecule has 13 rings (SSSR count). The zero-order valence-electron chi connectivity index (χ0n) is 42.8. The van der Waals surface area contributed by atoms with E-state index in [-0.39, 0.29) is 0 Å². The number of hydrogen-bond donors (Lipinski definition) is 0. The van der Waals surface area contributed by atoms with E-state index < -0.39 is 16.4 Å². The molecule has 3 aliphatic rings. The molecule has 2 heterocycles. The van der Waals surface area contributed by atoms with Crippen LogP contribution in [0.2, 0.25) is 0 Å². The van der Waals surface area contributed by atoms with Crippen molar-refractivity contribution < 1.29 is 4.57 Å². The van der Waals surface area contributed by atoms with Crippen molar-refractivity contribution >= 4 is 0 Å². The van der Waals surface area contributed by atoms with Gasteiger partial charge in [-0.2, -0.15) is 0 Å². The molecule has 3 nitrogen and oxygen atoms in total. The second-order valence-corrected chi connectivity index (χ2v) is 21.7. The summed E-state index contributed by atoms with van der Waals surface area (Å²) in [5, 5.41) is 0. The van der Waals surface area contributed by atoms with Crippen LogP contribution in [0, 0.1) is 47.9 Å². The number of hydrogen-bond acceptors (Lipinski definition) is 1. The van der Waals surface area contributed by atoms with Crippen LogP contribution in [0.5, 0.6) is 0 Å². The molecule has 0 radical (unpaired) electrons. The van der Waals surface area contributed by atoms with Gasteiger partial charge in [0.05, 0.1) is 23.6 Å². The summed E-state index contributed by atoms with van der Waals surface area (Å²) >= 11 is 0. The van der Waals surface area contributed by atoms with Crippen molar-refractivity contribution in [3.63, 3.8) is 0 Å². The van der Waals surface area contributed by atoms with E-state index in [0.29, 0.717) is 5.92 Å². The van der Waals surface area contributed by atoms with Gasteiger partial charge in [0.15, 0.2) is 5.54 Å². The summed E-state index contributed by atoms with van der Waals surface area (Å²) in [6.07, 6.45) is 10.2. The Kier molecular flexibility index (Phi) is 9.68. The van der Waals surface area contributed by atoms with E-state index in [1.54, 1.807) is 0 Å². The van der Waals surface area contributed by atoms with E-state index in [1.807, 2.05) is 6.20 Å². The predicted molar refractivity (Wildman–Crippen MR) is 293 cm³/mol. The van der Waals surface area contributed by atoms with Gasteiger partial charge in [-0.1, -0.05) is 199 Å². The van der Waals surface area contributed by atoms with Gasteiger partial charge < -0.3 is 9.13 Å². The van der Waals surface area contributed by atoms with E-state index in [0.717, 1.165) is 5.69 Å². The number of rotatable bonds is 7. The molecule has 0 fully saturated rings. The summed E-state index contributed by atoms with van der Waals surface area (Å²) in [7, 11) is 2.08. The molecule has 350 valence electrons. The first-order valence-corrected chi connectivity index (χ1v) is 25.7. The Morgan fingerprint density at radius 2 is 0.806 bits per heavy atom. The molecule has 0 aliphatic heterocycles. The highest BCUT2D eigenvalue weighted by Gasteiger charge is 2.53. The van der Waals surface area contributed by atoms with Crippen LogP contribution in [-0.4, -0.2) is 9.55 Å². The summed E-state index contributed by atoms with van der Waals surface area (Å²) < 4.78 is 4.40. The number of pyridine rings is 1. The molecule has 10 aromatic rings. The highest BCUT2D eigenvalue weighted by atomic mass is 15.2. The van der Waals surface area contributed by atoms with Gasteiger partial charge in [-0.25, -0.2) is 0 Å². The molecule has 3 heteroatoms. The molecule has 72 heavy (non-hydrogen) atoms. The smallest absolute Gasteiger partial charge is 0.204 e. The van der Waals surface area contributed by atoms with Crippen LogP contribution >= 0.6 is 0 Å². The Bertz CT molecular complexity index is 3740. The Morgan fingerprint density at radius 1 is 0.431 bits per heavy atom. The van der Waals surface area contributed by atoms with Gasteiger partial charge in [0.2, 0.25) is 6.33 Å². The second kappa shape index (κ2) is 15.8. The maximum atomic E-state index is 5.44. The zero-order valence-corrected chi connectivity index (χ0v) is 42.8. The Balaban J connectivity index is 1.16. The van der Waals surface area contributed by atoms with Gasteiger partial charge in [0, 0.05) is 22.9 Å². The molecule has 2 aromatic heterocycles. The highest BCUT2D eigenvalue weighted by Crippen LogP contribution is 2.61. The van der Waals surface area contributed by atoms with E-state index in [2.05, 4.69) is 260 Å². The first-order valence-electron chi connectivity index (χ1n) is 25.7. The molecule has 0 N–H and O–H groups in total. The zero-order chi connectivity index (χ0) is 49.4. The minimum atomic E-state index is -0.720. The molecular weight excluding hydrogens is 871 g/mol. The maximum absolute atomic E-state index is 5.44. The molecule has 0 saturated carbocycles. The fraction of sp³-hybridized carbons (Fsp3) is 0.188. The number of aryl methyl sites for hydroxylation is 7. The lowest BCUT2D eigenvalue weighted by Crippen LogP contribution is -2.38. The van der Waals surface area contributed by atoms with E-state index in [4.69, 9.17) is 4.98 Å². The average Bonchev–Trinajstić information content (AvgIpc) is 4.09. The number of aromatic nitrogens is 3. The van der Waals surface area contributed by atoms with Crippen LogP contribution in [0.15, 0.2) is 188 Å². The first kappa shape index (κ1) is 44.1. The molecule has 3 aliphatic carbocycles. The van der Waals surface area contributed by atoms with Gasteiger partial charge in [0.25, 0.3) is 0 Å². The van der Waals surface area contributed by atoms with Crippen molar-refractivity contribution in [3.05, 3.63) is 295 Å². The molecule has 0 bridgehead atoms. The van der Waals surface area contributed by atoms with Crippen molar-refractivity contribution in [2.24, 2.45) is 7.05 Å². The Labute approximate surface area is 425 Å². The van der Waals surface area contributed by atoms with Gasteiger partial charge in [-0.05, 0) is 156 Å². The fourth-order valence-electron chi connectivity index (χ4n) is 13.4. The Morgan fingerprint density at radius 3 is 1.22 bits per heavy atom. The number of imidazole rings is 1. The monoisotopic (exact) mass is 929 g/mol. The molecule has 0 amide bonds. The number of nitrogens with zero attached hydrogens (tertiary/aromatic N) is 3. The van der Waals surface area contributed by atoms with Gasteiger partial charge in [0.1, 0.15) is 0 Å². The lowest BCUT2D eigenvalue weighted by atomic mass is 9.64. The lowest BCUT2D eigenvalue weighted by molar-refractivity contribution is -0.675. The maximum Gasteiger partial charge on any atom is 0.204 e. The average molecular weight is 930 g/mol. The molecule has 0 atom stereocenters. The van der Waals surface area contributed by atoms with Crippen LogP contribution in [0.25, 0.3) is 33.4 Å².